The van der Waals surface area contributed by atoms with Gasteiger partial charge in [-0.3, -0.25) is 4.79 Å². The molecule has 0 radical (unpaired) electrons. The van der Waals surface area contributed by atoms with Crippen LogP contribution in [0, 0.1) is 0 Å². The van der Waals surface area contributed by atoms with Crippen molar-refractivity contribution in [3.8, 4) is 5.75 Å². The largest absolute Gasteiger partial charge is 0.480 e. The Morgan fingerprint density at radius 1 is 1.29 bits per heavy atom. The van der Waals surface area contributed by atoms with Crippen molar-refractivity contribution in [1.29, 1.82) is 0 Å². The standard InChI is InChI=1S/C17H16ClNO2/c1-11(12-5-3-2-4-6-12)19-17(20)16-10-13-9-14(18)7-8-15(13)21-16/h2-9,11,16H,10H2,1H3,(H,19,20)/t11-,16-/m1/s1. The fourth-order valence-corrected chi connectivity index (χ4v) is 2.69. The van der Waals surface area contributed by atoms with Gasteiger partial charge in [-0.2, -0.15) is 0 Å². The highest BCUT2D eigenvalue weighted by molar-refractivity contribution is 6.30. The second kappa shape index (κ2) is 5.78. The lowest BCUT2D eigenvalue weighted by molar-refractivity contribution is -0.127. The molecule has 3 rings (SSSR count). The third-order valence-corrected chi connectivity index (χ3v) is 3.88. The number of carbonyl (C=O) groups is 1. The zero-order valence-electron chi connectivity index (χ0n) is 11.7. The van der Waals surface area contributed by atoms with E-state index in [4.69, 9.17) is 16.3 Å². The molecule has 1 amide bonds. The zero-order valence-corrected chi connectivity index (χ0v) is 12.4. The number of fused-ring (bicyclic) bond motifs is 1. The summed E-state index contributed by atoms with van der Waals surface area (Å²) >= 11 is 5.96. The quantitative estimate of drug-likeness (QED) is 0.942. The molecule has 0 saturated heterocycles. The monoisotopic (exact) mass is 301 g/mol. The molecule has 2 atom stereocenters. The second-order valence-electron chi connectivity index (χ2n) is 5.20. The first kappa shape index (κ1) is 14.0. The first-order valence-electron chi connectivity index (χ1n) is 6.94. The van der Waals surface area contributed by atoms with Crippen LogP contribution >= 0.6 is 11.6 Å². The molecule has 0 spiro atoms. The molecule has 0 unspecified atom stereocenters. The summed E-state index contributed by atoms with van der Waals surface area (Å²) in [6, 6.07) is 15.3. The predicted octanol–water partition coefficient (Wildman–Crippen LogP) is 3.52. The summed E-state index contributed by atoms with van der Waals surface area (Å²) in [5.74, 6) is 0.644. The van der Waals surface area contributed by atoms with Crippen LogP contribution in [0.1, 0.15) is 24.1 Å². The lowest BCUT2D eigenvalue weighted by Gasteiger charge is -2.17. The van der Waals surface area contributed by atoms with Gasteiger partial charge in [-0.15, -0.1) is 0 Å². The summed E-state index contributed by atoms with van der Waals surface area (Å²) in [4.78, 5) is 12.3. The molecule has 1 aliphatic rings. The molecule has 0 bridgehead atoms. The molecule has 2 aromatic carbocycles. The first-order valence-corrected chi connectivity index (χ1v) is 7.31. The smallest absolute Gasteiger partial charge is 0.261 e. The maximum absolute atomic E-state index is 12.3. The molecule has 21 heavy (non-hydrogen) atoms. The summed E-state index contributed by atoms with van der Waals surface area (Å²) in [7, 11) is 0. The van der Waals surface area contributed by atoms with Gasteiger partial charge >= 0.3 is 0 Å². The lowest BCUT2D eigenvalue weighted by atomic mass is 10.1. The molecule has 108 valence electrons. The van der Waals surface area contributed by atoms with E-state index in [1.807, 2.05) is 49.4 Å². The normalized spacial score (nSPS) is 17.7. The number of hydrogen-bond acceptors (Lipinski definition) is 2. The van der Waals surface area contributed by atoms with Gasteiger partial charge in [0, 0.05) is 11.4 Å². The molecular weight excluding hydrogens is 286 g/mol. The topological polar surface area (TPSA) is 38.3 Å². The van der Waals surface area contributed by atoms with Gasteiger partial charge in [0.15, 0.2) is 6.10 Å². The Kier molecular flexibility index (Phi) is 3.84. The van der Waals surface area contributed by atoms with E-state index in [-0.39, 0.29) is 11.9 Å². The van der Waals surface area contributed by atoms with Crippen molar-refractivity contribution in [2.45, 2.75) is 25.5 Å². The average molecular weight is 302 g/mol. The molecule has 3 nitrogen and oxygen atoms in total. The van der Waals surface area contributed by atoms with Gasteiger partial charge in [0.25, 0.3) is 5.91 Å². The van der Waals surface area contributed by atoms with Gasteiger partial charge in [0.05, 0.1) is 6.04 Å². The van der Waals surface area contributed by atoms with E-state index < -0.39 is 6.10 Å². The fourth-order valence-electron chi connectivity index (χ4n) is 2.49. The number of amides is 1. The summed E-state index contributed by atoms with van der Waals surface area (Å²) in [6.45, 7) is 1.96. The Bertz CT molecular complexity index is 657. The van der Waals surface area contributed by atoms with Gasteiger partial charge in [-0.05, 0) is 36.2 Å². The summed E-state index contributed by atoms with van der Waals surface area (Å²) in [5, 5.41) is 3.65. The van der Waals surface area contributed by atoms with Crippen LogP contribution in [0.4, 0.5) is 0 Å². The lowest BCUT2D eigenvalue weighted by Crippen LogP contribution is -2.38. The molecule has 0 fully saturated rings. The van der Waals surface area contributed by atoms with Crippen molar-refractivity contribution >= 4 is 17.5 Å². The Morgan fingerprint density at radius 3 is 2.81 bits per heavy atom. The van der Waals surface area contributed by atoms with Crippen molar-refractivity contribution in [2.24, 2.45) is 0 Å². The maximum atomic E-state index is 12.3. The molecular formula is C17H16ClNO2. The number of rotatable bonds is 3. The predicted molar refractivity (Wildman–Crippen MR) is 82.6 cm³/mol. The Labute approximate surface area is 128 Å². The Balaban J connectivity index is 1.65. The number of hydrogen-bond donors (Lipinski definition) is 1. The van der Waals surface area contributed by atoms with E-state index >= 15 is 0 Å². The fraction of sp³-hybridized carbons (Fsp3) is 0.235. The van der Waals surface area contributed by atoms with E-state index in [0.29, 0.717) is 11.4 Å². The third kappa shape index (κ3) is 3.03. The van der Waals surface area contributed by atoms with Crippen molar-refractivity contribution in [2.75, 3.05) is 0 Å². The minimum atomic E-state index is -0.482. The molecule has 0 aromatic heterocycles. The number of ether oxygens (including phenoxy) is 1. The van der Waals surface area contributed by atoms with E-state index in [2.05, 4.69) is 5.32 Å². The SMILES string of the molecule is C[C@@H](NC(=O)[C@H]1Cc2cc(Cl)ccc2O1)c1ccccc1. The zero-order chi connectivity index (χ0) is 14.8. The first-order chi connectivity index (χ1) is 10.1. The van der Waals surface area contributed by atoms with Crippen LogP contribution in [0.2, 0.25) is 5.02 Å². The van der Waals surface area contributed by atoms with Gasteiger partial charge in [0.2, 0.25) is 0 Å². The van der Waals surface area contributed by atoms with Crippen LogP contribution in [0.5, 0.6) is 5.75 Å². The second-order valence-corrected chi connectivity index (χ2v) is 5.64. The van der Waals surface area contributed by atoms with Crippen LogP contribution in [-0.4, -0.2) is 12.0 Å². The highest BCUT2D eigenvalue weighted by Gasteiger charge is 2.29. The molecule has 1 heterocycles. The van der Waals surface area contributed by atoms with Gasteiger partial charge < -0.3 is 10.1 Å². The molecule has 1 N–H and O–H groups in total. The van der Waals surface area contributed by atoms with Crippen LogP contribution in [0.3, 0.4) is 0 Å². The highest BCUT2D eigenvalue weighted by Crippen LogP contribution is 2.31. The minimum Gasteiger partial charge on any atom is -0.480 e. The van der Waals surface area contributed by atoms with E-state index in [1.54, 1.807) is 6.07 Å². The van der Waals surface area contributed by atoms with Gasteiger partial charge in [-0.25, -0.2) is 0 Å². The van der Waals surface area contributed by atoms with Crippen LogP contribution in [-0.2, 0) is 11.2 Å². The van der Waals surface area contributed by atoms with Crippen LogP contribution < -0.4 is 10.1 Å². The van der Waals surface area contributed by atoms with Crippen molar-refractivity contribution in [3.05, 3.63) is 64.7 Å². The summed E-state index contributed by atoms with van der Waals surface area (Å²) in [6.07, 6.45) is 0.0769. The van der Waals surface area contributed by atoms with E-state index in [1.165, 1.54) is 0 Å². The Hall–Kier alpha value is -2.00. The molecule has 0 saturated carbocycles. The van der Waals surface area contributed by atoms with Crippen LogP contribution in [0.25, 0.3) is 0 Å². The third-order valence-electron chi connectivity index (χ3n) is 3.65. The number of benzene rings is 2. The summed E-state index contributed by atoms with van der Waals surface area (Å²) in [5.41, 5.74) is 2.06. The van der Waals surface area contributed by atoms with Gasteiger partial charge in [-0.1, -0.05) is 41.9 Å². The summed E-state index contributed by atoms with van der Waals surface area (Å²) < 4.78 is 5.69. The van der Waals surface area contributed by atoms with Crippen molar-refractivity contribution in [1.82, 2.24) is 5.32 Å². The maximum Gasteiger partial charge on any atom is 0.261 e. The number of nitrogens with one attached hydrogen (secondary N) is 1. The van der Waals surface area contributed by atoms with Crippen LogP contribution in [0.15, 0.2) is 48.5 Å². The van der Waals surface area contributed by atoms with E-state index in [9.17, 15) is 4.79 Å². The van der Waals surface area contributed by atoms with E-state index in [0.717, 1.165) is 16.9 Å². The highest BCUT2D eigenvalue weighted by atomic mass is 35.5. The molecule has 4 heteroatoms. The number of halogens is 1. The molecule has 2 aromatic rings. The molecule has 1 aliphatic heterocycles. The average Bonchev–Trinajstić information content (AvgIpc) is 2.91. The van der Waals surface area contributed by atoms with Crippen molar-refractivity contribution in [3.63, 3.8) is 0 Å². The Morgan fingerprint density at radius 2 is 2.05 bits per heavy atom. The minimum absolute atomic E-state index is 0.0467. The number of carbonyl (C=O) groups excluding carboxylic acids is 1. The van der Waals surface area contributed by atoms with Crippen molar-refractivity contribution < 1.29 is 9.53 Å². The molecule has 0 aliphatic carbocycles. The van der Waals surface area contributed by atoms with Gasteiger partial charge in [0.1, 0.15) is 5.75 Å².